The Balaban J connectivity index is 2.76. The van der Waals surface area contributed by atoms with Gasteiger partial charge in [-0.05, 0) is 38.7 Å². The summed E-state index contributed by atoms with van der Waals surface area (Å²) >= 11 is 0. The third kappa shape index (κ3) is 2.87. The molecule has 0 aliphatic carbocycles. The summed E-state index contributed by atoms with van der Waals surface area (Å²) < 4.78 is 2.10. The molecule has 0 saturated carbocycles. The van der Waals surface area contributed by atoms with Crippen LogP contribution in [-0.2, 0) is 6.54 Å². The number of carbonyl (C=O) groups is 1. The molecule has 1 N–H and O–H groups in total. The van der Waals surface area contributed by atoms with Crippen molar-refractivity contribution >= 4 is 5.97 Å². The zero-order valence-electron chi connectivity index (χ0n) is 10.6. The monoisotopic (exact) mass is 223 g/mol. The highest BCUT2D eigenvalue weighted by Crippen LogP contribution is 2.16. The van der Waals surface area contributed by atoms with Gasteiger partial charge in [0.05, 0.1) is 5.56 Å². The Morgan fingerprint density at radius 1 is 1.44 bits per heavy atom. The smallest absolute Gasteiger partial charge is 0.337 e. The first-order chi connectivity index (χ1) is 7.43. The lowest BCUT2D eigenvalue weighted by Gasteiger charge is -2.10. The Morgan fingerprint density at radius 3 is 2.50 bits per heavy atom. The molecular weight excluding hydrogens is 202 g/mol. The average Bonchev–Trinajstić information content (AvgIpc) is 2.44. The Kier molecular flexibility index (Phi) is 4.16. The van der Waals surface area contributed by atoms with Gasteiger partial charge in [0.15, 0.2) is 0 Å². The Labute approximate surface area is 97.1 Å². The molecule has 0 saturated heterocycles. The lowest BCUT2D eigenvalue weighted by Crippen LogP contribution is -2.05. The minimum absolute atomic E-state index is 0.432. The van der Waals surface area contributed by atoms with Gasteiger partial charge in [-0.2, -0.15) is 0 Å². The molecule has 0 spiro atoms. The van der Waals surface area contributed by atoms with E-state index in [0.29, 0.717) is 11.5 Å². The normalized spacial score (nSPS) is 11.1. The van der Waals surface area contributed by atoms with Crippen molar-refractivity contribution in [2.75, 3.05) is 0 Å². The van der Waals surface area contributed by atoms with Crippen molar-refractivity contribution in [3.63, 3.8) is 0 Å². The number of nitrogens with zero attached hydrogens (tertiary/aromatic N) is 1. The Morgan fingerprint density at radius 2 is 2.06 bits per heavy atom. The molecule has 16 heavy (non-hydrogen) atoms. The van der Waals surface area contributed by atoms with Gasteiger partial charge in [0.25, 0.3) is 0 Å². The maximum atomic E-state index is 11.0. The summed E-state index contributed by atoms with van der Waals surface area (Å²) in [5.41, 5.74) is 2.34. The number of aromatic nitrogens is 1. The van der Waals surface area contributed by atoms with Crippen LogP contribution in [-0.4, -0.2) is 15.6 Å². The van der Waals surface area contributed by atoms with Crippen LogP contribution in [0.4, 0.5) is 0 Å². The molecule has 0 unspecified atom stereocenters. The molecule has 1 aromatic heterocycles. The van der Waals surface area contributed by atoms with Crippen LogP contribution in [0.15, 0.2) is 6.07 Å². The van der Waals surface area contributed by atoms with Gasteiger partial charge in [0, 0.05) is 17.9 Å². The number of aromatic carboxylic acids is 1. The van der Waals surface area contributed by atoms with Crippen LogP contribution >= 0.6 is 0 Å². The van der Waals surface area contributed by atoms with E-state index in [4.69, 9.17) is 5.11 Å². The molecule has 1 rings (SSSR count). The quantitative estimate of drug-likeness (QED) is 0.832. The summed E-state index contributed by atoms with van der Waals surface area (Å²) in [6.07, 6.45) is 2.28. The van der Waals surface area contributed by atoms with Crippen LogP contribution in [0.25, 0.3) is 0 Å². The van der Waals surface area contributed by atoms with E-state index in [9.17, 15) is 4.79 Å². The van der Waals surface area contributed by atoms with Crippen LogP contribution in [0.5, 0.6) is 0 Å². The highest BCUT2D eigenvalue weighted by atomic mass is 16.4. The summed E-state index contributed by atoms with van der Waals surface area (Å²) in [6.45, 7) is 9.18. The maximum Gasteiger partial charge on any atom is 0.337 e. The number of carboxylic acid groups (broad SMARTS) is 1. The van der Waals surface area contributed by atoms with E-state index < -0.39 is 5.97 Å². The second kappa shape index (κ2) is 5.19. The van der Waals surface area contributed by atoms with Gasteiger partial charge in [-0.1, -0.05) is 13.8 Å². The van der Waals surface area contributed by atoms with Gasteiger partial charge in [0.1, 0.15) is 0 Å². The molecule has 0 atom stereocenters. The van der Waals surface area contributed by atoms with Gasteiger partial charge < -0.3 is 9.67 Å². The summed E-state index contributed by atoms with van der Waals surface area (Å²) in [4.78, 5) is 11.0. The first kappa shape index (κ1) is 12.8. The van der Waals surface area contributed by atoms with Crippen molar-refractivity contribution in [2.24, 2.45) is 5.92 Å². The minimum Gasteiger partial charge on any atom is -0.478 e. The zero-order chi connectivity index (χ0) is 12.3. The van der Waals surface area contributed by atoms with Crippen molar-refractivity contribution in [3.8, 4) is 0 Å². The molecular formula is C13H21NO2. The second-order valence-corrected chi connectivity index (χ2v) is 4.78. The molecule has 0 aliphatic rings. The van der Waals surface area contributed by atoms with Gasteiger partial charge in [0.2, 0.25) is 0 Å². The van der Waals surface area contributed by atoms with Crippen LogP contribution in [0.2, 0.25) is 0 Å². The van der Waals surface area contributed by atoms with E-state index in [1.807, 2.05) is 13.8 Å². The van der Waals surface area contributed by atoms with Gasteiger partial charge in [-0.25, -0.2) is 4.79 Å². The van der Waals surface area contributed by atoms with Gasteiger partial charge in [-0.15, -0.1) is 0 Å². The number of hydrogen-bond acceptors (Lipinski definition) is 1. The van der Waals surface area contributed by atoms with Crippen molar-refractivity contribution in [1.82, 2.24) is 4.57 Å². The summed E-state index contributed by atoms with van der Waals surface area (Å²) in [5, 5.41) is 9.00. The molecule has 0 aliphatic heterocycles. The molecule has 3 heteroatoms. The average molecular weight is 223 g/mol. The fourth-order valence-corrected chi connectivity index (χ4v) is 2.02. The van der Waals surface area contributed by atoms with Crippen LogP contribution < -0.4 is 0 Å². The third-order valence-corrected chi connectivity index (χ3v) is 2.97. The second-order valence-electron chi connectivity index (χ2n) is 4.78. The highest BCUT2D eigenvalue weighted by molar-refractivity contribution is 5.89. The number of hydrogen-bond donors (Lipinski definition) is 1. The lowest BCUT2D eigenvalue weighted by molar-refractivity contribution is 0.0696. The first-order valence-electron chi connectivity index (χ1n) is 5.83. The molecule has 0 radical (unpaired) electrons. The molecule has 90 valence electrons. The van der Waals surface area contributed by atoms with Crippen LogP contribution in [0, 0.1) is 19.8 Å². The topological polar surface area (TPSA) is 42.2 Å². The Hall–Kier alpha value is -1.25. The molecule has 0 amide bonds. The maximum absolute atomic E-state index is 11.0. The molecule has 3 nitrogen and oxygen atoms in total. The van der Waals surface area contributed by atoms with Gasteiger partial charge >= 0.3 is 5.97 Å². The predicted octanol–water partition coefficient (Wildman–Crippen LogP) is 3.24. The van der Waals surface area contributed by atoms with Crippen molar-refractivity contribution in [1.29, 1.82) is 0 Å². The van der Waals surface area contributed by atoms with E-state index in [0.717, 1.165) is 24.4 Å². The molecule has 1 aromatic rings. The lowest BCUT2D eigenvalue weighted by atomic mass is 10.1. The fraction of sp³-hybridized carbons (Fsp3) is 0.615. The van der Waals surface area contributed by atoms with Crippen molar-refractivity contribution in [2.45, 2.75) is 47.1 Å². The third-order valence-electron chi connectivity index (χ3n) is 2.97. The van der Waals surface area contributed by atoms with Crippen molar-refractivity contribution < 1.29 is 9.90 Å². The standard InChI is InChI=1S/C13H21NO2/c1-9(2)6-5-7-14-10(3)8-12(11(14)4)13(15)16/h8-9H,5-7H2,1-4H3,(H,15,16). The first-order valence-corrected chi connectivity index (χ1v) is 5.83. The number of rotatable bonds is 5. The predicted molar refractivity (Wildman–Crippen MR) is 64.9 cm³/mol. The summed E-state index contributed by atoms with van der Waals surface area (Å²) in [5.74, 6) is -0.127. The SMILES string of the molecule is Cc1cc(C(=O)O)c(C)n1CCCC(C)C. The number of aryl methyl sites for hydroxylation is 1. The molecule has 1 heterocycles. The van der Waals surface area contributed by atoms with E-state index in [-0.39, 0.29) is 0 Å². The van der Waals surface area contributed by atoms with E-state index in [2.05, 4.69) is 18.4 Å². The zero-order valence-corrected chi connectivity index (χ0v) is 10.6. The molecule has 0 bridgehead atoms. The van der Waals surface area contributed by atoms with E-state index in [1.165, 1.54) is 6.42 Å². The van der Waals surface area contributed by atoms with Crippen LogP contribution in [0.1, 0.15) is 48.4 Å². The highest BCUT2D eigenvalue weighted by Gasteiger charge is 2.13. The minimum atomic E-state index is -0.830. The summed E-state index contributed by atoms with van der Waals surface area (Å²) in [7, 11) is 0. The van der Waals surface area contributed by atoms with E-state index >= 15 is 0 Å². The van der Waals surface area contributed by atoms with E-state index in [1.54, 1.807) is 6.07 Å². The molecule has 0 aromatic carbocycles. The van der Waals surface area contributed by atoms with Gasteiger partial charge in [-0.3, -0.25) is 0 Å². The fourth-order valence-electron chi connectivity index (χ4n) is 2.02. The Bertz CT molecular complexity index is 378. The summed E-state index contributed by atoms with van der Waals surface area (Å²) in [6, 6.07) is 1.76. The largest absolute Gasteiger partial charge is 0.478 e. The van der Waals surface area contributed by atoms with Crippen molar-refractivity contribution in [3.05, 3.63) is 23.0 Å². The van der Waals surface area contributed by atoms with Crippen LogP contribution in [0.3, 0.4) is 0 Å². The molecule has 0 fully saturated rings. The number of carboxylic acids is 1.